The molecule has 1 unspecified atom stereocenters. The van der Waals surface area contributed by atoms with Gasteiger partial charge in [-0.1, -0.05) is 12.8 Å². The van der Waals surface area contributed by atoms with E-state index in [1.807, 2.05) is 0 Å². The summed E-state index contributed by atoms with van der Waals surface area (Å²) in [6, 6.07) is 2.33. The van der Waals surface area contributed by atoms with Crippen LogP contribution in [0.3, 0.4) is 0 Å². The van der Waals surface area contributed by atoms with Crippen molar-refractivity contribution in [3.63, 3.8) is 0 Å². The van der Waals surface area contributed by atoms with Crippen LogP contribution in [-0.2, 0) is 4.79 Å². The SMILES string of the molecule is N#CC1(CN2CCC2C(N)=O)CCCC1. The molecule has 2 rings (SSSR count). The second-order valence-electron chi connectivity index (χ2n) is 4.78. The maximum atomic E-state index is 11.1. The van der Waals surface area contributed by atoms with Crippen LogP contribution in [0, 0.1) is 16.7 Å². The number of nitriles is 1. The Bertz CT molecular complexity index is 301. The third-order valence-electron chi connectivity index (χ3n) is 3.76. The molecule has 4 nitrogen and oxygen atoms in total. The molecule has 0 spiro atoms. The highest BCUT2D eigenvalue weighted by Gasteiger charge is 2.41. The number of carbonyl (C=O) groups excluding carboxylic acids is 1. The molecule has 1 heterocycles. The van der Waals surface area contributed by atoms with Crippen molar-refractivity contribution in [1.29, 1.82) is 5.26 Å². The molecule has 15 heavy (non-hydrogen) atoms. The van der Waals surface area contributed by atoms with Gasteiger partial charge < -0.3 is 5.73 Å². The predicted octanol–water partition coefficient (Wildman–Crippen LogP) is 0.630. The zero-order valence-electron chi connectivity index (χ0n) is 8.91. The normalized spacial score (nSPS) is 29.4. The molecule has 0 aromatic rings. The van der Waals surface area contributed by atoms with E-state index in [0.29, 0.717) is 0 Å². The molecule has 82 valence electrons. The monoisotopic (exact) mass is 207 g/mol. The van der Waals surface area contributed by atoms with E-state index in [4.69, 9.17) is 5.73 Å². The standard InChI is InChI=1S/C11H17N3O/c12-7-11(4-1-2-5-11)8-14-6-3-9(14)10(13)15/h9H,1-6,8H2,(H2,13,15). The third kappa shape index (κ3) is 1.84. The lowest BCUT2D eigenvalue weighted by Gasteiger charge is -2.42. The van der Waals surface area contributed by atoms with E-state index >= 15 is 0 Å². The highest BCUT2D eigenvalue weighted by Crippen LogP contribution is 2.39. The fraction of sp³-hybridized carbons (Fsp3) is 0.818. The van der Waals surface area contributed by atoms with Gasteiger partial charge in [0.25, 0.3) is 0 Å². The summed E-state index contributed by atoms with van der Waals surface area (Å²) in [5.74, 6) is -0.243. The second-order valence-corrected chi connectivity index (χ2v) is 4.78. The molecule has 1 saturated heterocycles. The van der Waals surface area contributed by atoms with E-state index in [2.05, 4.69) is 11.0 Å². The molecule has 4 heteroatoms. The fourth-order valence-electron chi connectivity index (χ4n) is 2.70. The van der Waals surface area contributed by atoms with E-state index in [1.165, 1.54) is 0 Å². The van der Waals surface area contributed by atoms with E-state index in [1.54, 1.807) is 0 Å². The van der Waals surface area contributed by atoms with Crippen LogP contribution < -0.4 is 5.73 Å². The third-order valence-corrected chi connectivity index (χ3v) is 3.76. The summed E-state index contributed by atoms with van der Waals surface area (Å²) in [5.41, 5.74) is 5.08. The maximum absolute atomic E-state index is 11.1. The summed E-state index contributed by atoms with van der Waals surface area (Å²) in [5, 5.41) is 9.22. The summed E-state index contributed by atoms with van der Waals surface area (Å²) < 4.78 is 0. The van der Waals surface area contributed by atoms with Crippen molar-refractivity contribution in [1.82, 2.24) is 4.90 Å². The van der Waals surface area contributed by atoms with Gasteiger partial charge in [0.1, 0.15) is 0 Å². The molecule has 2 aliphatic rings. The largest absolute Gasteiger partial charge is 0.368 e. The molecule has 1 amide bonds. The maximum Gasteiger partial charge on any atom is 0.234 e. The first kappa shape index (κ1) is 10.4. The number of hydrogen-bond donors (Lipinski definition) is 1. The Hall–Kier alpha value is -1.08. The molecular formula is C11H17N3O. The molecule has 2 fully saturated rings. The van der Waals surface area contributed by atoms with Crippen LogP contribution in [0.5, 0.6) is 0 Å². The van der Waals surface area contributed by atoms with Crippen LogP contribution in [0.25, 0.3) is 0 Å². The Labute approximate surface area is 90.0 Å². The van der Waals surface area contributed by atoms with E-state index < -0.39 is 0 Å². The van der Waals surface area contributed by atoms with Crippen molar-refractivity contribution in [2.45, 2.75) is 38.1 Å². The van der Waals surface area contributed by atoms with Gasteiger partial charge >= 0.3 is 0 Å². The van der Waals surface area contributed by atoms with E-state index in [-0.39, 0.29) is 17.4 Å². The summed E-state index contributed by atoms with van der Waals surface area (Å²) in [4.78, 5) is 13.1. The number of rotatable bonds is 3. The van der Waals surface area contributed by atoms with Crippen LogP contribution in [0.15, 0.2) is 0 Å². The van der Waals surface area contributed by atoms with Crippen molar-refractivity contribution >= 4 is 5.91 Å². The Morgan fingerprint density at radius 2 is 2.20 bits per heavy atom. The van der Waals surface area contributed by atoms with Crippen molar-refractivity contribution in [3.8, 4) is 6.07 Å². The van der Waals surface area contributed by atoms with Gasteiger partial charge in [-0.2, -0.15) is 5.26 Å². The zero-order chi connectivity index (χ0) is 10.9. The van der Waals surface area contributed by atoms with Gasteiger partial charge in [-0.25, -0.2) is 0 Å². The molecule has 2 N–H and O–H groups in total. The molecule has 1 aliphatic carbocycles. The molecule has 1 atom stereocenters. The van der Waals surface area contributed by atoms with Gasteiger partial charge in [-0.15, -0.1) is 0 Å². The molecule has 0 aromatic heterocycles. The van der Waals surface area contributed by atoms with Crippen LogP contribution in [0.1, 0.15) is 32.1 Å². The number of nitrogens with two attached hydrogens (primary N) is 1. The average molecular weight is 207 g/mol. The predicted molar refractivity (Wildman–Crippen MR) is 55.7 cm³/mol. The minimum atomic E-state index is -0.243. The Morgan fingerprint density at radius 3 is 2.60 bits per heavy atom. The quantitative estimate of drug-likeness (QED) is 0.738. The molecule has 1 aliphatic heterocycles. The lowest BCUT2D eigenvalue weighted by Crippen LogP contribution is -2.57. The van der Waals surface area contributed by atoms with Crippen molar-refractivity contribution < 1.29 is 4.79 Å². The highest BCUT2D eigenvalue weighted by molar-refractivity contribution is 5.80. The lowest BCUT2D eigenvalue weighted by molar-refractivity contribution is -0.128. The van der Waals surface area contributed by atoms with Gasteiger partial charge in [0, 0.05) is 13.1 Å². The number of carbonyl (C=O) groups is 1. The van der Waals surface area contributed by atoms with Crippen molar-refractivity contribution in [2.24, 2.45) is 11.1 Å². The number of amides is 1. The van der Waals surface area contributed by atoms with Crippen LogP contribution in [-0.4, -0.2) is 29.9 Å². The fourth-order valence-corrected chi connectivity index (χ4v) is 2.70. The first-order valence-corrected chi connectivity index (χ1v) is 5.61. The van der Waals surface area contributed by atoms with Crippen LogP contribution >= 0.6 is 0 Å². The van der Waals surface area contributed by atoms with E-state index in [0.717, 1.165) is 45.2 Å². The van der Waals surface area contributed by atoms with Crippen LogP contribution in [0.4, 0.5) is 0 Å². The van der Waals surface area contributed by atoms with Crippen molar-refractivity contribution in [3.05, 3.63) is 0 Å². The minimum Gasteiger partial charge on any atom is -0.368 e. The number of likely N-dealkylation sites (tertiary alicyclic amines) is 1. The van der Waals surface area contributed by atoms with Gasteiger partial charge in [0.2, 0.25) is 5.91 Å². The van der Waals surface area contributed by atoms with Gasteiger partial charge in [-0.05, 0) is 19.3 Å². The zero-order valence-corrected chi connectivity index (χ0v) is 8.91. The average Bonchev–Trinajstić information content (AvgIpc) is 2.61. The number of nitrogens with zero attached hydrogens (tertiary/aromatic N) is 2. The summed E-state index contributed by atoms with van der Waals surface area (Å²) in [6.07, 6.45) is 5.10. The smallest absolute Gasteiger partial charge is 0.234 e. The Morgan fingerprint density at radius 1 is 1.53 bits per heavy atom. The Kier molecular flexibility index (Phi) is 2.66. The molecule has 1 saturated carbocycles. The number of hydrogen-bond acceptors (Lipinski definition) is 3. The van der Waals surface area contributed by atoms with Gasteiger partial charge in [0.05, 0.1) is 17.5 Å². The summed E-state index contributed by atoms with van der Waals surface area (Å²) in [7, 11) is 0. The lowest BCUT2D eigenvalue weighted by atomic mass is 9.85. The highest BCUT2D eigenvalue weighted by atomic mass is 16.1. The second kappa shape index (κ2) is 3.82. The van der Waals surface area contributed by atoms with Gasteiger partial charge in [0.15, 0.2) is 0 Å². The molecular weight excluding hydrogens is 190 g/mol. The van der Waals surface area contributed by atoms with Crippen molar-refractivity contribution in [2.75, 3.05) is 13.1 Å². The van der Waals surface area contributed by atoms with Crippen LogP contribution in [0.2, 0.25) is 0 Å². The minimum absolute atomic E-state index is 0.115. The topological polar surface area (TPSA) is 70.1 Å². The van der Waals surface area contributed by atoms with Gasteiger partial charge in [-0.3, -0.25) is 9.69 Å². The number of primary amides is 1. The first-order valence-electron chi connectivity index (χ1n) is 5.61. The first-order chi connectivity index (χ1) is 7.17. The molecule has 0 aromatic carbocycles. The summed E-state index contributed by atoms with van der Waals surface area (Å²) in [6.45, 7) is 1.65. The molecule has 0 bridgehead atoms. The Balaban J connectivity index is 1.96. The van der Waals surface area contributed by atoms with E-state index in [9.17, 15) is 10.1 Å². The molecule has 0 radical (unpaired) electrons. The summed E-state index contributed by atoms with van der Waals surface area (Å²) >= 11 is 0.